The average Bonchev–Trinajstić information content (AvgIpc) is 3.45. The number of anilines is 1. The van der Waals surface area contributed by atoms with Crippen LogP contribution in [0.5, 0.6) is 5.75 Å². The minimum Gasteiger partial charge on any atom is -0.494 e. The summed E-state index contributed by atoms with van der Waals surface area (Å²) in [5, 5.41) is 3.34. The number of esters is 1. The van der Waals surface area contributed by atoms with E-state index in [0.29, 0.717) is 35.8 Å². The van der Waals surface area contributed by atoms with E-state index < -0.39 is 27.9 Å². The number of fused-ring (bicyclic) bond motifs is 1. The molecule has 1 atom stereocenters. The third-order valence-electron chi connectivity index (χ3n) is 6.14. The van der Waals surface area contributed by atoms with Gasteiger partial charge in [-0.25, -0.2) is 13.2 Å². The maximum absolute atomic E-state index is 13.3. The first-order chi connectivity index (χ1) is 16.4. The molecule has 2 heterocycles. The Labute approximate surface area is 204 Å². The molecule has 8 nitrogen and oxygen atoms in total. The van der Waals surface area contributed by atoms with Gasteiger partial charge in [-0.15, -0.1) is 11.3 Å². The van der Waals surface area contributed by atoms with Gasteiger partial charge in [0.05, 0.1) is 23.7 Å². The molecule has 2 aliphatic rings. The van der Waals surface area contributed by atoms with Crippen LogP contribution in [0.4, 0.5) is 5.00 Å². The lowest BCUT2D eigenvalue weighted by atomic mass is 9.95. The molecule has 0 saturated carbocycles. The molecule has 0 bridgehead atoms. The number of amides is 1. The molecular weight excluding hydrogens is 476 g/mol. The van der Waals surface area contributed by atoms with Crippen molar-refractivity contribution in [3.05, 3.63) is 40.3 Å². The molecule has 1 saturated heterocycles. The Morgan fingerprint density at radius 3 is 2.53 bits per heavy atom. The number of rotatable bonds is 8. The number of aryl methyl sites for hydroxylation is 1. The highest BCUT2D eigenvalue weighted by Crippen LogP contribution is 2.39. The third kappa shape index (κ3) is 4.85. The van der Waals surface area contributed by atoms with Crippen LogP contribution in [0.25, 0.3) is 0 Å². The molecule has 4 rings (SSSR count). The highest BCUT2D eigenvalue weighted by molar-refractivity contribution is 7.89. The maximum Gasteiger partial charge on any atom is 0.341 e. The van der Waals surface area contributed by atoms with Crippen molar-refractivity contribution >= 4 is 38.2 Å². The summed E-state index contributed by atoms with van der Waals surface area (Å²) in [6.07, 6.45) is 4.67. The quantitative estimate of drug-likeness (QED) is 0.543. The van der Waals surface area contributed by atoms with Gasteiger partial charge in [0.1, 0.15) is 16.8 Å². The fourth-order valence-corrected chi connectivity index (χ4v) is 7.50. The van der Waals surface area contributed by atoms with E-state index >= 15 is 0 Å². The summed E-state index contributed by atoms with van der Waals surface area (Å²) in [5.74, 6) is -0.274. The van der Waals surface area contributed by atoms with Gasteiger partial charge in [-0.3, -0.25) is 4.79 Å². The van der Waals surface area contributed by atoms with Crippen molar-refractivity contribution in [1.29, 1.82) is 0 Å². The van der Waals surface area contributed by atoms with Gasteiger partial charge in [0.25, 0.3) is 0 Å². The number of carbonyl (C=O) groups excluding carboxylic acids is 2. The van der Waals surface area contributed by atoms with Crippen LogP contribution in [0, 0.1) is 0 Å². The van der Waals surface area contributed by atoms with Crippen LogP contribution in [-0.4, -0.2) is 50.4 Å². The molecule has 1 amide bonds. The summed E-state index contributed by atoms with van der Waals surface area (Å²) in [6.45, 7) is 4.60. The average molecular weight is 507 g/mol. The second-order valence-corrected chi connectivity index (χ2v) is 11.3. The monoisotopic (exact) mass is 506 g/mol. The van der Waals surface area contributed by atoms with Crippen molar-refractivity contribution in [1.82, 2.24) is 4.31 Å². The summed E-state index contributed by atoms with van der Waals surface area (Å²) in [5.41, 5.74) is 1.38. The second kappa shape index (κ2) is 10.5. The van der Waals surface area contributed by atoms with E-state index in [9.17, 15) is 18.0 Å². The van der Waals surface area contributed by atoms with E-state index in [0.717, 1.165) is 36.1 Å². The van der Waals surface area contributed by atoms with E-state index in [1.165, 1.54) is 27.8 Å². The van der Waals surface area contributed by atoms with Gasteiger partial charge >= 0.3 is 5.97 Å². The zero-order valence-electron chi connectivity index (χ0n) is 19.5. The van der Waals surface area contributed by atoms with Gasteiger partial charge in [0.15, 0.2) is 0 Å². The van der Waals surface area contributed by atoms with Crippen LogP contribution in [0.15, 0.2) is 29.2 Å². The van der Waals surface area contributed by atoms with Crippen molar-refractivity contribution < 1.29 is 27.5 Å². The Balaban J connectivity index is 1.57. The largest absolute Gasteiger partial charge is 0.494 e. The number of sulfonamides is 1. The lowest BCUT2D eigenvalue weighted by molar-refractivity contribution is -0.119. The minimum atomic E-state index is -3.87. The van der Waals surface area contributed by atoms with Crippen molar-refractivity contribution in [2.75, 3.05) is 25.1 Å². The molecule has 2 aromatic rings. The SMILES string of the molecule is CCOC(=O)c1c(NC(=O)C2CCCN2S(=O)(=O)c2ccc(OCC)cc2)sc2c1CCCC2. The van der Waals surface area contributed by atoms with E-state index in [1.54, 1.807) is 19.1 Å². The first-order valence-corrected chi connectivity index (χ1v) is 14.0. The molecule has 1 aromatic heterocycles. The summed E-state index contributed by atoms with van der Waals surface area (Å²) in [6, 6.07) is 5.39. The van der Waals surface area contributed by atoms with Gasteiger partial charge in [-0.1, -0.05) is 0 Å². The number of benzene rings is 1. The molecule has 1 aliphatic heterocycles. The molecular formula is C24H30N2O6S2. The van der Waals surface area contributed by atoms with Crippen LogP contribution < -0.4 is 10.1 Å². The van der Waals surface area contributed by atoms with E-state index in [-0.39, 0.29) is 18.0 Å². The Morgan fingerprint density at radius 1 is 1.09 bits per heavy atom. The molecule has 1 fully saturated rings. The molecule has 0 spiro atoms. The number of hydrogen-bond acceptors (Lipinski definition) is 7. The Kier molecular flexibility index (Phi) is 7.59. The summed E-state index contributed by atoms with van der Waals surface area (Å²) in [7, 11) is -3.87. The first kappa shape index (κ1) is 24.7. The molecule has 184 valence electrons. The number of nitrogens with zero attached hydrogens (tertiary/aromatic N) is 1. The lowest BCUT2D eigenvalue weighted by Crippen LogP contribution is -2.43. The van der Waals surface area contributed by atoms with Crippen LogP contribution in [0.3, 0.4) is 0 Å². The van der Waals surface area contributed by atoms with Crippen LogP contribution in [0.1, 0.15) is 60.3 Å². The number of nitrogens with one attached hydrogen (secondary N) is 1. The van der Waals surface area contributed by atoms with Crippen molar-refractivity contribution in [3.63, 3.8) is 0 Å². The van der Waals surface area contributed by atoms with Gasteiger partial charge in [0, 0.05) is 11.4 Å². The predicted molar refractivity (Wildman–Crippen MR) is 130 cm³/mol. The zero-order chi connectivity index (χ0) is 24.3. The zero-order valence-corrected chi connectivity index (χ0v) is 21.1. The van der Waals surface area contributed by atoms with E-state index in [4.69, 9.17) is 9.47 Å². The van der Waals surface area contributed by atoms with Gasteiger partial charge in [-0.05, 0) is 82.2 Å². The molecule has 0 radical (unpaired) electrons. The minimum absolute atomic E-state index is 0.120. The van der Waals surface area contributed by atoms with Gasteiger partial charge < -0.3 is 14.8 Å². The molecule has 1 N–H and O–H groups in total. The summed E-state index contributed by atoms with van der Waals surface area (Å²) < 4.78 is 38.6. The van der Waals surface area contributed by atoms with Crippen LogP contribution >= 0.6 is 11.3 Å². The Hall–Kier alpha value is -2.43. The number of thiophene rings is 1. The Morgan fingerprint density at radius 2 is 1.82 bits per heavy atom. The van der Waals surface area contributed by atoms with Gasteiger partial charge in [0.2, 0.25) is 15.9 Å². The molecule has 34 heavy (non-hydrogen) atoms. The fourth-order valence-electron chi connectivity index (χ4n) is 4.57. The smallest absolute Gasteiger partial charge is 0.341 e. The van der Waals surface area contributed by atoms with E-state index in [1.807, 2.05) is 6.92 Å². The standard InChI is InChI=1S/C24H30N2O6S2/c1-3-31-16-11-13-17(14-12-16)34(29,30)26-15-7-9-19(26)22(27)25-23-21(24(28)32-4-2)18-8-5-6-10-20(18)33-23/h11-14,19H,3-10,15H2,1-2H3,(H,25,27). The molecule has 10 heteroatoms. The predicted octanol–water partition coefficient (Wildman–Crippen LogP) is 3.99. The van der Waals surface area contributed by atoms with Crippen LogP contribution in [-0.2, 0) is 32.4 Å². The first-order valence-electron chi connectivity index (χ1n) is 11.7. The van der Waals surface area contributed by atoms with E-state index in [2.05, 4.69) is 5.32 Å². The number of ether oxygens (including phenoxy) is 2. The fraction of sp³-hybridized carbons (Fsp3) is 0.500. The van der Waals surface area contributed by atoms with Crippen LogP contribution in [0.2, 0.25) is 0 Å². The van der Waals surface area contributed by atoms with Crippen molar-refractivity contribution in [2.24, 2.45) is 0 Å². The molecule has 1 aliphatic carbocycles. The topological polar surface area (TPSA) is 102 Å². The lowest BCUT2D eigenvalue weighted by Gasteiger charge is -2.23. The number of carbonyl (C=O) groups is 2. The second-order valence-electron chi connectivity index (χ2n) is 8.30. The molecule has 1 aromatic carbocycles. The normalized spacial score (nSPS) is 18.4. The van der Waals surface area contributed by atoms with Gasteiger partial charge in [-0.2, -0.15) is 4.31 Å². The summed E-state index contributed by atoms with van der Waals surface area (Å²) in [4.78, 5) is 27.2. The highest BCUT2D eigenvalue weighted by atomic mass is 32.2. The van der Waals surface area contributed by atoms with Crippen molar-refractivity contribution in [3.8, 4) is 5.75 Å². The highest BCUT2D eigenvalue weighted by Gasteiger charge is 2.40. The maximum atomic E-state index is 13.3. The summed E-state index contributed by atoms with van der Waals surface area (Å²) >= 11 is 1.40. The molecule has 1 unspecified atom stereocenters. The Bertz CT molecular complexity index is 1160. The van der Waals surface area contributed by atoms with Crippen molar-refractivity contribution in [2.45, 2.75) is 63.3 Å². The number of hydrogen-bond donors (Lipinski definition) is 1. The third-order valence-corrected chi connectivity index (χ3v) is 9.26.